The summed E-state index contributed by atoms with van der Waals surface area (Å²) in [5, 5.41) is 22.7. The fourth-order valence-corrected chi connectivity index (χ4v) is 2.33. The molecule has 0 spiro atoms. The molecule has 0 aliphatic heterocycles. The standard InChI is InChI=1S/C21H21F3N2O5/c1-12-10-15(8-9-16(12)31-20(2,3)19(27)28)29-11-17(25)30-18(26)13-4-6-14(7-5-13)21(22,23)24/h4-10,25-26H,11H2,1-3H3,(H,27,28)/p+1. The molecule has 0 aliphatic rings. The van der Waals surface area contributed by atoms with Crippen molar-refractivity contribution in [3.63, 3.8) is 0 Å². The summed E-state index contributed by atoms with van der Waals surface area (Å²) in [4.78, 5) is 11.2. The van der Waals surface area contributed by atoms with Crippen LogP contribution in [-0.4, -0.2) is 35.1 Å². The van der Waals surface area contributed by atoms with Gasteiger partial charge < -0.3 is 19.3 Å². The first-order valence-electron chi connectivity index (χ1n) is 9.01. The van der Waals surface area contributed by atoms with Crippen LogP contribution in [-0.2, 0) is 15.7 Å². The highest BCUT2D eigenvalue weighted by atomic mass is 19.4. The van der Waals surface area contributed by atoms with Crippen LogP contribution < -0.4 is 14.9 Å². The lowest BCUT2D eigenvalue weighted by molar-refractivity contribution is -0.152. The van der Waals surface area contributed by atoms with Gasteiger partial charge in [-0.3, -0.25) is 5.41 Å². The van der Waals surface area contributed by atoms with E-state index >= 15 is 0 Å². The second-order valence-corrected chi connectivity index (χ2v) is 7.11. The number of carboxylic acid groups (broad SMARTS) is 1. The number of halogens is 3. The van der Waals surface area contributed by atoms with Crippen molar-refractivity contribution in [1.82, 2.24) is 0 Å². The second kappa shape index (κ2) is 9.07. The minimum absolute atomic E-state index is 0.120. The molecule has 0 atom stereocenters. The molecule has 0 saturated heterocycles. The Bertz CT molecular complexity index is 985. The number of ether oxygens (including phenoxy) is 3. The third-order valence-corrected chi connectivity index (χ3v) is 4.12. The van der Waals surface area contributed by atoms with E-state index < -0.39 is 29.2 Å². The lowest BCUT2D eigenvalue weighted by Crippen LogP contribution is -2.46. The number of carbonyl (C=O) groups is 1. The van der Waals surface area contributed by atoms with Crippen molar-refractivity contribution < 1.29 is 42.7 Å². The van der Waals surface area contributed by atoms with Crippen molar-refractivity contribution in [2.24, 2.45) is 0 Å². The predicted molar refractivity (Wildman–Crippen MR) is 105 cm³/mol. The molecule has 7 nitrogen and oxygen atoms in total. The maximum Gasteiger partial charge on any atom is 0.416 e. The number of hydrogen-bond donors (Lipinski definition) is 3. The molecule has 0 unspecified atom stereocenters. The Hall–Kier alpha value is -3.56. The molecule has 0 amide bonds. The van der Waals surface area contributed by atoms with Gasteiger partial charge in [0.25, 0.3) is 0 Å². The van der Waals surface area contributed by atoms with Crippen LogP contribution in [0.1, 0.15) is 30.5 Å². The molecule has 31 heavy (non-hydrogen) atoms. The fourth-order valence-electron chi connectivity index (χ4n) is 2.33. The van der Waals surface area contributed by atoms with E-state index in [0.29, 0.717) is 17.1 Å². The van der Waals surface area contributed by atoms with Crippen LogP contribution in [0.3, 0.4) is 0 Å². The van der Waals surface area contributed by atoms with Crippen LogP contribution in [0, 0.1) is 12.3 Å². The van der Waals surface area contributed by atoms with Crippen LogP contribution in [0.15, 0.2) is 42.5 Å². The van der Waals surface area contributed by atoms with Gasteiger partial charge >= 0.3 is 18.0 Å². The molecule has 4 N–H and O–H groups in total. The third-order valence-electron chi connectivity index (χ3n) is 4.12. The van der Waals surface area contributed by atoms with Crippen LogP contribution >= 0.6 is 0 Å². The van der Waals surface area contributed by atoms with Gasteiger partial charge in [0.05, 0.1) is 5.56 Å². The van der Waals surface area contributed by atoms with Crippen molar-refractivity contribution in [2.45, 2.75) is 32.5 Å². The molecule has 0 aliphatic carbocycles. The first-order chi connectivity index (χ1) is 14.3. The van der Waals surface area contributed by atoms with E-state index in [0.717, 1.165) is 24.3 Å². The molecule has 2 aromatic carbocycles. The van der Waals surface area contributed by atoms with Gasteiger partial charge in [0.15, 0.2) is 5.60 Å². The molecule has 2 aromatic rings. The van der Waals surface area contributed by atoms with Gasteiger partial charge in [-0.15, -0.1) is 0 Å². The summed E-state index contributed by atoms with van der Waals surface area (Å²) in [7, 11) is 0. The number of rotatable bonds is 7. The summed E-state index contributed by atoms with van der Waals surface area (Å²) in [6.45, 7) is 4.35. The highest BCUT2D eigenvalue weighted by Crippen LogP contribution is 2.29. The lowest BCUT2D eigenvalue weighted by Gasteiger charge is -2.23. The van der Waals surface area contributed by atoms with Crippen molar-refractivity contribution in [3.8, 4) is 11.5 Å². The first kappa shape index (κ1) is 23.7. The number of aryl methyl sites for hydroxylation is 1. The van der Waals surface area contributed by atoms with Crippen LogP contribution in [0.2, 0.25) is 0 Å². The topological polar surface area (TPSA) is 114 Å². The first-order valence-corrected chi connectivity index (χ1v) is 9.01. The highest BCUT2D eigenvalue weighted by molar-refractivity contribution is 5.98. The van der Waals surface area contributed by atoms with Crippen LogP contribution in [0.25, 0.3) is 0 Å². The molecular weight excluding hydrogens is 417 g/mol. The zero-order valence-electron chi connectivity index (χ0n) is 17.0. The maximum atomic E-state index is 12.6. The number of alkyl halides is 3. The number of aliphatic carboxylic acids is 1. The van der Waals surface area contributed by atoms with E-state index in [1.807, 2.05) is 0 Å². The average molecular weight is 439 g/mol. The van der Waals surface area contributed by atoms with Gasteiger partial charge in [-0.1, -0.05) is 0 Å². The number of nitrogens with one attached hydrogen (secondary N) is 1. The molecule has 166 valence electrons. The summed E-state index contributed by atoms with van der Waals surface area (Å²) >= 11 is 0. The normalized spacial score (nSPS) is 11.5. The summed E-state index contributed by atoms with van der Waals surface area (Å²) in [5.41, 5.74) is -1.49. The minimum Gasteiger partial charge on any atom is -0.479 e. The molecule has 10 heteroatoms. The monoisotopic (exact) mass is 439 g/mol. The molecule has 0 radical (unpaired) electrons. The SMILES string of the molecule is Cc1cc(OCC(=[NH2+])OC(=N)c2ccc(C(F)(F)F)cc2)ccc1OC(C)(C)C(=O)O. The second-order valence-electron chi connectivity index (χ2n) is 7.11. The Morgan fingerprint density at radius 1 is 1.13 bits per heavy atom. The van der Waals surface area contributed by atoms with E-state index in [2.05, 4.69) is 0 Å². The summed E-state index contributed by atoms with van der Waals surface area (Å²) in [5.74, 6) is -0.939. The van der Waals surface area contributed by atoms with Crippen molar-refractivity contribution in [1.29, 1.82) is 5.41 Å². The molecule has 2 rings (SSSR count). The zero-order valence-corrected chi connectivity index (χ0v) is 17.0. The molecule has 0 aromatic heterocycles. The molecule has 0 bridgehead atoms. The average Bonchev–Trinajstić information content (AvgIpc) is 2.67. The maximum absolute atomic E-state index is 12.6. The van der Waals surface area contributed by atoms with Gasteiger partial charge in [-0.25, -0.2) is 10.2 Å². The molecular formula is C21H22F3N2O5+. The van der Waals surface area contributed by atoms with E-state index in [1.165, 1.54) is 13.8 Å². The van der Waals surface area contributed by atoms with Crippen molar-refractivity contribution >= 4 is 17.8 Å². The number of nitrogens with two attached hydrogens (primary N) is 1. The lowest BCUT2D eigenvalue weighted by atomic mass is 10.1. The number of carboxylic acids is 1. The Labute approximate surface area is 176 Å². The molecule has 0 fully saturated rings. The van der Waals surface area contributed by atoms with E-state index in [9.17, 15) is 18.0 Å². The Balaban J connectivity index is 1.93. The fraction of sp³-hybridized carbons (Fsp3) is 0.286. The van der Waals surface area contributed by atoms with Crippen LogP contribution in [0.5, 0.6) is 11.5 Å². The smallest absolute Gasteiger partial charge is 0.416 e. The van der Waals surface area contributed by atoms with Gasteiger partial charge in [0, 0.05) is 5.56 Å². The van der Waals surface area contributed by atoms with E-state index in [1.54, 1.807) is 25.1 Å². The zero-order chi connectivity index (χ0) is 23.4. The molecule has 0 saturated carbocycles. The minimum atomic E-state index is -4.47. The van der Waals surface area contributed by atoms with Crippen LogP contribution in [0.4, 0.5) is 13.2 Å². The Morgan fingerprint density at radius 2 is 1.74 bits per heavy atom. The van der Waals surface area contributed by atoms with Gasteiger partial charge in [-0.2, -0.15) is 13.2 Å². The van der Waals surface area contributed by atoms with Gasteiger partial charge in [0.1, 0.15) is 11.5 Å². The largest absolute Gasteiger partial charge is 0.479 e. The Morgan fingerprint density at radius 3 is 2.26 bits per heavy atom. The summed E-state index contributed by atoms with van der Waals surface area (Å²) in [6, 6.07) is 8.63. The number of hydrogen-bond acceptors (Lipinski definition) is 5. The quantitative estimate of drug-likeness (QED) is 0.453. The Kier molecular flexibility index (Phi) is 6.94. The highest BCUT2D eigenvalue weighted by Gasteiger charge is 2.31. The third kappa shape index (κ3) is 6.46. The van der Waals surface area contributed by atoms with Gasteiger partial charge in [-0.05, 0) is 68.8 Å². The molecule has 0 heterocycles. The predicted octanol–water partition coefficient (Wildman–Crippen LogP) is 2.83. The van der Waals surface area contributed by atoms with E-state index in [-0.39, 0.29) is 18.1 Å². The van der Waals surface area contributed by atoms with Crippen molar-refractivity contribution in [3.05, 3.63) is 59.2 Å². The van der Waals surface area contributed by atoms with Crippen molar-refractivity contribution in [2.75, 3.05) is 6.61 Å². The summed E-state index contributed by atoms with van der Waals surface area (Å²) in [6.07, 6.45) is -4.47. The number of benzene rings is 2. The summed E-state index contributed by atoms with van der Waals surface area (Å²) < 4.78 is 53.9. The van der Waals surface area contributed by atoms with E-state index in [4.69, 9.17) is 30.1 Å². The van der Waals surface area contributed by atoms with Gasteiger partial charge in [0.2, 0.25) is 12.5 Å².